The molecule has 124 valence electrons. The smallest absolute Gasteiger partial charge is 0.338 e. The van der Waals surface area contributed by atoms with Crippen molar-refractivity contribution in [1.29, 1.82) is 0 Å². The summed E-state index contributed by atoms with van der Waals surface area (Å²) in [6.07, 6.45) is 0. The van der Waals surface area contributed by atoms with Gasteiger partial charge in [-0.3, -0.25) is 0 Å². The highest BCUT2D eigenvalue weighted by molar-refractivity contribution is 5.94. The Morgan fingerprint density at radius 2 is 1.96 bits per heavy atom. The molecule has 1 N–H and O–H groups in total. The average Bonchev–Trinajstić information content (AvgIpc) is 2.53. The van der Waals surface area contributed by atoms with E-state index in [0.717, 1.165) is 0 Å². The Labute approximate surface area is 133 Å². The number of hydrogen-bond acceptors (Lipinski definition) is 4. The van der Waals surface area contributed by atoms with Crippen molar-refractivity contribution in [3.63, 3.8) is 0 Å². The van der Waals surface area contributed by atoms with E-state index in [2.05, 4.69) is 5.32 Å². The molecule has 0 aromatic heterocycles. The maximum absolute atomic E-state index is 13.1. The number of hydrogen-bond donors (Lipinski definition) is 1. The van der Waals surface area contributed by atoms with Gasteiger partial charge in [0, 0.05) is 19.9 Å². The lowest BCUT2D eigenvalue weighted by Crippen LogP contribution is -2.46. The Kier molecular flexibility index (Phi) is 5.33. The Morgan fingerprint density at radius 3 is 2.57 bits per heavy atom. The Balaban J connectivity index is 2.35. The summed E-state index contributed by atoms with van der Waals surface area (Å²) in [5, 5.41) is 2.73. The van der Waals surface area contributed by atoms with Gasteiger partial charge in [-0.15, -0.1) is 0 Å². The predicted octanol–water partition coefficient (Wildman–Crippen LogP) is 1.99. The number of allylic oxidation sites excluding steroid dienone is 1. The van der Waals surface area contributed by atoms with Crippen LogP contribution in [0.3, 0.4) is 0 Å². The van der Waals surface area contributed by atoms with Gasteiger partial charge in [-0.05, 0) is 24.6 Å². The molecule has 0 saturated carbocycles. The number of esters is 1. The molecule has 1 aromatic rings. The molecule has 0 unspecified atom stereocenters. The molecule has 2 amide bonds. The molecule has 1 aliphatic heterocycles. The Hall–Kier alpha value is -2.41. The number of nitrogens with zero attached hydrogens (tertiary/aromatic N) is 1. The van der Waals surface area contributed by atoms with Crippen LogP contribution in [-0.4, -0.2) is 44.3 Å². The van der Waals surface area contributed by atoms with Crippen LogP contribution < -0.4 is 5.32 Å². The van der Waals surface area contributed by atoms with Crippen molar-refractivity contribution < 1.29 is 23.5 Å². The number of halogens is 1. The first kappa shape index (κ1) is 17.0. The summed E-state index contributed by atoms with van der Waals surface area (Å²) in [7, 11) is 3.07. The third kappa shape index (κ3) is 3.68. The van der Waals surface area contributed by atoms with Crippen molar-refractivity contribution in [2.75, 3.05) is 27.4 Å². The molecule has 7 heteroatoms. The van der Waals surface area contributed by atoms with Gasteiger partial charge in [0.15, 0.2) is 0 Å². The van der Waals surface area contributed by atoms with Crippen molar-refractivity contribution in [3.05, 3.63) is 46.9 Å². The summed E-state index contributed by atoms with van der Waals surface area (Å²) >= 11 is 0. The van der Waals surface area contributed by atoms with E-state index in [1.165, 1.54) is 36.3 Å². The van der Waals surface area contributed by atoms with Crippen molar-refractivity contribution in [1.82, 2.24) is 10.2 Å². The van der Waals surface area contributed by atoms with Gasteiger partial charge in [-0.25, -0.2) is 14.0 Å². The molecule has 1 atom stereocenters. The zero-order chi connectivity index (χ0) is 17.0. The van der Waals surface area contributed by atoms with Gasteiger partial charge < -0.3 is 19.7 Å². The van der Waals surface area contributed by atoms with Gasteiger partial charge in [0.2, 0.25) is 0 Å². The maximum atomic E-state index is 13.1. The molecular weight excluding hydrogens is 303 g/mol. The lowest BCUT2D eigenvalue weighted by molar-refractivity contribution is -0.140. The summed E-state index contributed by atoms with van der Waals surface area (Å²) in [6, 6.07) is 4.59. The lowest BCUT2D eigenvalue weighted by atomic mass is 9.95. The van der Waals surface area contributed by atoms with Crippen molar-refractivity contribution in [3.8, 4) is 0 Å². The molecule has 0 fully saturated rings. The summed E-state index contributed by atoms with van der Waals surface area (Å²) in [5.41, 5.74) is 1.41. The normalized spacial score (nSPS) is 18.0. The Bertz CT molecular complexity index is 627. The average molecular weight is 322 g/mol. The van der Waals surface area contributed by atoms with Crippen LogP contribution in [0.5, 0.6) is 0 Å². The molecule has 2 rings (SSSR count). The summed E-state index contributed by atoms with van der Waals surface area (Å²) < 4.78 is 23.1. The van der Waals surface area contributed by atoms with Gasteiger partial charge >= 0.3 is 12.0 Å². The largest absolute Gasteiger partial charge is 0.460 e. The predicted molar refractivity (Wildman–Crippen MR) is 81.0 cm³/mol. The number of nitrogens with one attached hydrogen (secondary N) is 1. The van der Waals surface area contributed by atoms with Crippen LogP contribution in [0.1, 0.15) is 18.5 Å². The Morgan fingerprint density at radius 1 is 1.30 bits per heavy atom. The SMILES string of the molecule is COCCOC(=O)C1=C(C)N(C)C(=O)N[C@@H]1c1ccc(F)cc1. The molecule has 23 heavy (non-hydrogen) atoms. The number of benzene rings is 1. The number of rotatable bonds is 5. The van der Waals surface area contributed by atoms with E-state index in [4.69, 9.17) is 9.47 Å². The van der Waals surface area contributed by atoms with Crippen LogP contribution in [0.4, 0.5) is 9.18 Å². The van der Waals surface area contributed by atoms with E-state index in [1.807, 2.05) is 0 Å². The van der Waals surface area contributed by atoms with Gasteiger partial charge in [-0.2, -0.15) is 0 Å². The molecule has 0 spiro atoms. The van der Waals surface area contributed by atoms with Crippen LogP contribution in [-0.2, 0) is 14.3 Å². The summed E-state index contributed by atoms with van der Waals surface area (Å²) in [4.78, 5) is 25.8. The standard InChI is InChI=1S/C16H19FN2O4/c1-10-13(15(20)23-9-8-22-3)14(18-16(21)19(10)2)11-4-6-12(17)7-5-11/h4-7,14H,8-9H2,1-3H3,(H,18,21)/t14-/m1/s1. The van der Waals surface area contributed by atoms with Crippen LogP contribution in [0.2, 0.25) is 0 Å². The second kappa shape index (κ2) is 7.23. The second-order valence-corrected chi connectivity index (χ2v) is 5.12. The van der Waals surface area contributed by atoms with Gasteiger partial charge in [0.1, 0.15) is 12.4 Å². The van der Waals surface area contributed by atoms with E-state index in [0.29, 0.717) is 16.8 Å². The van der Waals surface area contributed by atoms with Crippen LogP contribution >= 0.6 is 0 Å². The topological polar surface area (TPSA) is 67.9 Å². The van der Waals surface area contributed by atoms with Gasteiger partial charge in [-0.1, -0.05) is 12.1 Å². The third-order valence-corrected chi connectivity index (χ3v) is 3.70. The van der Waals surface area contributed by atoms with E-state index in [-0.39, 0.29) is 19.2 Å². The van der Waals surface area contributed by atoms with Crippen LogP contribution in [0.25, 0.3) is 0 Å². The first-order valence-corrected chi connectivity index (χ1v) is 7.12. The molecule has 6 nitrogen and oxygen atoms in total. The third-order valence-electron chi connectivity index (χ3n) is 3.70. The van der Waals surface area contributed by atoms with Crippen molar-refractivity contribution >= 4 is 12.0 Å². The summed E-state index contributed by atoms with van der Waals surface area (Å²) in [6.45, 7) is 2.06. The molecule has 0 bridgehead atoms. The molecular formula is C16H19FN2O4. The first-order chi connectivity index (χ1) is 11.0. The minimum absolute atomic E-state index is 0.111. The highest BCUT2D eigenvalue weighted by Gasteiger charge is 2.34. The minimum Gasteiger partial charge on any atom is -0.460 e. The lowest BCUT2D eigenvalue weighted by Gasteiger charge is -2.33. The number of carbonyl (C=O) groups is 2. The molecule has 1 aliphatic rings. The van der Waals surface area contributed by atoms with Crippen molar-refractivity contribution in [2.45, 2.75) is 13.0 Å². The molecule has 1 aromatic carbocycles. The summed E-state index contributed by atoms with van der Waals surface area (Å²) in [5.74, 6) is -0.932. The minimum atomic E-state index is -0.686. The number of urea groups is 1. The highest BCUT2D eigenvalue weighted by atomic mass is 19.1. The van der Waals surface area contributed by atoms with Crippen molar-refractivity contribution in [2.24, 2.45) is 0 Å². The van der Waals surface area contributed by atoms with Gasteiger partial charge in [0.25, 0.3) is 0 Å². The van der Waals surface area contributed by atoms with Crippen LogP contribution in [0.15, 0.2) is 35.5 Å². The van der Waals surface area contributed by atoms with E-state index >= 15 is 0 Å². The number of methoxy groups -OCH3 is 1. The molecule has 1 heterocycles. The monoisotopic (exact) mass is 322 g/mol. The van der Waals surface area contributed by atoms with Gasteiger partial charge in [0.05, 0.1) is 18.2 Å². The zero-order valence-electron chi connectivity index (χ0n) is 13.3. The first-order valence-electron chi connectivity index (χ1n) is 7.12. The molecule has 0 radical (unpaired) electrons. The fourth-order valence-electron chi connectivity index (χ4n) is 2.30. The number of ether oxygens (including phenoxy) is 2. The zero-order valence-corrected chi connectivity index (χ0v) is 13.3. The number of carbonyl (C=O) groups excluding carboxylic acids is 2. The van der Waals surface area contributed by atoms with Crippen LogP contribution in [0, 0.1) is 5.82 Å². The van der Waals surface area contributed by atoms with E-state index < -0.39 is 17.8 Å². The highest BCUT2D eigenvalue weighted by Crippen LogP contribution is 2.30. The van der Waals surface area contributed by atoms with E-state index in [1.54, 1.807) is 14.0 Å². The molecule has 0 aliphatic carbocycles. The van der Waals surface area contributed by atoms with E-state index in [9.17, 15) is 14.0 Å². The maximum Gasteiger partial charge on any atom is 0.338 e. The number of amides is 2. The fourth-order valence-corrected chi connectivity index (χ4v) is 2.30. The fraction of sp³-hybridized carbons (Fsp3) is 0.375. The molecule has 0 saturated heterocycles. The quantitative estimate of drug-likeness (QED) is 0.665. The second-order valence-electron chi connectivity index (χ2n) is 5.12.